The van der Waals surface area contributed by atoms with Crippen molar-refractivity contribution in [1.82, 2.24) is 20.1 Å². The number of nitrogens with zero attached hydrogens (tertiary/aromatic N) is 3. The molecule has 2 aromatic rings. The summed E-state index contributed by atoms with van der Waals surface area (Å²) in [5.74, 6) is 0.902. The van der Waals surface area contributed by atoms with E-state index >= 15 is 0 Å². The number of benzene rings is 1. The first kappa shape index (κ1) is 25.7. The smallest absolute Gasteiger partial charge is 0.321 e. The molecule has 1 atom stereocenters. The van der Waals surface area contributed by atoms with Gasteiger partial charge in [0, 0.05) is 57.1 Å². The van der Waals surface area contributed by atoms with Crippen LogP contribution in [0.25, 0.3) is 0 Å². The fourth-order valence-corrected chi connectivity index (χ4v) is 5.11. The average Bonchev–Trinajstić information content (AvgIpc) is 2.83. The predicted octanol–water partition coefficient (Wildman–Crippen LogP) is 3.97. The van der Waals surface area contributed by atoms with Crippen LogP contribution < -0.4 is 10.6 Å². The summed E-state index contributed by atoms with van der Waals surface area (Å²) < 4.78 is 0. The summed E-state index contributed by atoms with van der Waals surface area (Å²) in [5.41, 5.74) is 3.18. The number of pyridine rings is 1. The second-order valence-corrected chi connectivity index (χ2v) is 10.4. The number of carbonyl (C=O) groups excluding carboxylic acids is 3. The SMILES string of the molecule is CC(=O)N[C@@H](CC(C)C)C(=O)N1CCC(c2ccc(NC(=O)N3CC(c4cccnc4)C3)cc2)CC1. The highest BCUT2D eigenvalue weighted by molar-refractivity contribution is 5.90. The molecule has 8 heteroatoms. The molecule has 0 bridgehead atoms. The Kier molecular flexibility index (Phi) is 8.23. The Labute approximate surface area is 213 Å². The molecule has 1 aromatic heterocycles. The molecule has 2 fully saturated rings. The maximum Gasteiger partial charge on any atom is 0.321 e. The highest BCUT2D eigenvalue weighted by Crippen LogP contribution is 2.30. The van der Waals surface area contributed by atoms with Crippen molar-refractivity contribution in [3.8, 4) is 0 Å². The molecule has 4 rings (SSSR count). The lowest BCUT2D eigenvalue weighted by Crippen LogP contribution is -2.50. The molecule has 0 saturated carbocycles. The maximum absolute atomic E-state index is 13.0. The number of likely N-dealkylation sites (tertiary alicyclic amines) is 2. The molecule has 3 heterocycles. The van der Waals surface area contributed by atoms with Gasteiger partial charge in [0.25, 0.3) is 0 Å². The standard InChI is InChI=1S/C28H37N5O3/c1-19(2)15-26(30-20(3)34)27(35)32-13-10-22(11-14-32)21-6-8-25(9-7-21)31-28(36)33-17-24(18-33)23-5-4-12-29-16-23/h4-9,12,16,19,22,24,26H,10-11,13-15,17-18H2,1-3H3,(H,30,34)(H,31,36)/t26-/m0/s1. The van der Waals surface area contributed by atoms with E-state index in [-0.39, 0.29) is 17.8 Å². The van der Waals surface area contributed by atoms with Gasteiger partial charge in [-0.2, -0.15) is 0 Å². The number of aromatic nitrogens is 1. The number of rotatable bonds is 7. The van der Waals surface area contributed by atoms with Crippen molar-refractivity contribution < 1.29 is 14.4 Å². The van der Waals surface area contributed by atoms with E-state index in [1.54, 1.807) is 6.20 Å². The van der Waals surface area contributed by atoms with Crippen molar-refractivity contribution in [3.63, 3.8) is 0 Å². The fraction of sp³-hybridized carbons (Fsp3) is 0.500. The van der Waals surface area contributed by atoms with Crippen LogP contribution in [0.2, 0.25) is 0 Å². The molecule has 36 heavy (non-hydrogen) atoms. The van der Waals surface area contributed by atoms with Gasteiger partial charge in [-0.15, -0.1) is 0 Å². The third-order valence-electron chi connectivity index (χ3n) is 7.15. The van der Waals surface area contributed by atoms with Gasteiger partial charge < -0.3 is 20.4 Å². The van der Waals surface area contributed by atoms with Crippen molar-refractivity contribution in [3.05, 3.63) is 59.9 Å². The third kappa shape index (κ3) is 6.42. The number of anilines is 1. The van der Waals surface area contributed by atoms with Crippen molar-refractivity contribution in [2.45, 2.75) is 57.9 Å². The number of nitrogens with one attached hydrogen (secondary N) is 2. The largest absolute Gasteiger partial charge is 0.345 e. The average molecular weight is 492 g/mol. The number of urea groups is 1. The summed E-state index contributed by atoms with van der Waals surface area (Å²) in [4.78, 5) is 45.0. The minimum absolute atomic E-state index is 0.0205. The zero-order valence-corrected chi connectivity index (χ0v) is 21.4. The first-order valence-corrected chi connectivity index (χ1v) is 12.9. The third-order valence-corrected chi connectivity index (χ3v) is 7.15. The summed E-state index contributed by atoms with van der Waals surface area (Å²) in [6.07, 6.45) is 6.04. The molecular formula is C28H37N5O3. The van der Waals surface area contributed by atoms with E-state index in [0.717, 1.165) is 18.5 Å². The van der Waals surface area contributed by atoms with Crippen molar-refractivity contribution in [1.29, 1.82) is 0 Å². The molecule has 2 saturated heterocycles. The minimum Gasteiger partial charge on any atom is -0.345 e. The van der Waals surface area contributed by atoms with Gasteiger partial charge in [-0.3, -0.25) is 14.6 Å². The zero-order chi connectivity index (χ0) is 25.7. The van der Waals surface area contributed by atoms with Crippen LogP contribution in [-0.2, 0) is 9.59 Å². The van der Waals surface area contributed by atoms with Gasteiger partial charge in [0.05, 0.1) is 0 Å². The number of piperidine rings is 1. The Bertz CT molecular complexity index is 1040. The second kappa shape index (κ2) is 11.5. The molecule has 0 aliphatic carbocycles. The molecule has 0 radical (unpaired) electrons. The summed E-state index contributed by atoms with van der Waals surface area (Å²) >= 11 is 0. The second-order valence-electron chi connectivity index (χ2n) is 10.4. The molecule has 2 aliphatic rings. The normalized spacial score (nSPS) is 17.4. The lowest BCUT2D eigenvalue weighted by Gasteiger charge is -2.39. The van der Waals surface area contributed by atoms with E-state index in [0.29, 0.717) is 50.4 Å². The van der Waals surface area contributed by atoms with Gasteiger partial charge in [0.15, 0.2) is 0 Å². The number of hydrogen-bond donors (Lipinski definition) is 2. The Balaban J connectivity index is 1.24. The van der Waals surface area contributed by atoms with E-state index in [2.05, 4.69) is 47.7 Å². The lowest BCUT2D eigenvalue weighted by molar-refractivity contribution is -0.137. The van der Waals surface area contributed by atoms with E-state index in [1.165, 1.54) is 18.1 Å². The fourth-order valence-electron chi connectivity index (χ4n) is 5.11. The molecule has 2 aliphatic heterocycles. The van der Waals surface area contributed by atoms with Crippen LogP contribution >= 0.6 is 0 Å². The first-order chi connectivity index (χ1) is 17.3. The lowest BCUT2D eigenvalue weighted by atomic mass is 9.89. The van der Waals surface area contributed by atoms with Gasteiger partial charge in [-0.25, -0.2) is 4.79 Å². The minimum atomic E-state index is -0.451. The molecule has 0 unspecified atom stereocenters. The monoisotopic (exact) mass is 491 g/mol. The zero-order valence-electron chi connectivity index (χ0n) is 21.4. The van der Waals surface area contributed by atoms with Gasteiger partial charge in [-0.1, -0.05) is 32.0 Å². The van der Waals surface area contributed by atoms with Gasteiger partial charge in [-0.05, 0) is 60.4 Å². The molecule has 192 valence electrons. The summed E-state index contributed by atoms with van der Waals surface area (Å²) in [7, 11) is 0. The molecular weight excluding hydrogens is 454 g/mol. The topological polar surface area (TPSA) is 94.6 Å². The molecule has 1 aromatic carbocycles. The van der Waals surface area contributed by atoms with E-state index in [9.17, 15) is 14.4 Å². The number of amides is 4. The van der Waals surface area contributed by atoms with E-state index in [4.69, 9.17) is 0 Å². The van der Waals surface area contributed by atoms with Crippen LogP contribution in [0.1, 0.15) is 63.0 Å². The first-order valence-electron chi connectivity index (χ1n) is 12.9. The Morgan fingerprint density at radius 1 is 0.972 bits per heavy atom. The Hall–Kier alpha value is -3.42. The highest BCUT2D eigenvalue weighted by Gasteiger charge is 2.32. The molecule has 2 N–H and O–H groups in total. The summed E-state index contributed by atoms with van der Waals surface area (Å²) in [6, 6.07) is 11.5. The summed E-state index contributed by atoms with van der Waals surface area (Å²) in [6.45, 7) is 8.35. The molecule has 8 nitrogen and oxygen atoms in total. The quantitative estimate of drug-likeness (QED) is 0.613. The predicted molar refractivity (Wildman–Crippen MR) is 140 cm³/mol. The summed E-state index contributed by atoms with van der Waals surface area (Å²) in [5, 5.41) is 5.82. The van der Waals surface area contributed by atoms with Crippen molar-refractivity contribution >= 4 is 23.5 Å². The van der Waals surface area contributed by atoms with Gasteiger partial charge in [0.1, 0.15) is 6.04 Å². The molecule has 0 spiro atoms. The van der Waals surface area contributed by atoms with Crippen LogP contribution in [0.15, 0.2) is 48.8 Å². The van der Waals surface area contributed by atoms with Gasteiger partial charge in [0.2, 0.25) is 11.8 Å². The van der Waals surface area contributed by atoms with Crippen LogP contribution in [0, 0.1) is 5.92 Å². The van der Waals surface area contributed by atoms with E-state index < -0.39 is 6.04 Å². The number of carbonyl (C=O) groups is 3. The van der Waals surface area contributed by atoms with E-state index in [1.807, 2.05) is 34.2 Å². The maximum atomic E-state index is 13.0. The van der Waals surface area contributed by atoms with Crippen molar-refractivity contribution in [2.75, 3.05) is 31.5 Å². The molecule has 4 amide bonds. The van der Waals surface area contributed by atoms with Crippen LogP contribution in [0.5, 0.6) is 0 Å². The van der Waals surface area contributed by atoms with Gasteiger partial charge >= 0.3 is 6.03 Å². The highest BCUT2D eigenvalue weighted by atomic mass is 16.2. The van der Waals surface area contributed by atoms with Crippen LogP contribution in [0.4, 0.5) is 10.5 Å². The van der Waals surface area contributed by atoms with Crippen molar-refractivity contribution in [2.24, 2.45) is 5.92 Å². The Morgan fingerprint density at radius 3 is 2.25 bits per heavy atom. The number of hydrogen-bond acceptors (Lipinski definition) is 4. The van der Waals surface area contributed by atoms with Crippen LogP contribution in [-0.4, -0.2) is 64.9 Å². The van der Waals surface area contributed by atoms with Crippen LogP contribution in [0.3, 0.4) is 0 Å². The Morgan fingerprint density at radius 2 is 1.67 bits per heavy atom.